The summed E-state index contributed by atoms with van der Waals surface area (Å²) in [6.07, 6.45) is 3.15. The molecule has 0 fully saturated rings. The normalized spacial score (nSPS) is 10.7. The number of nitrogens with zero attached hydrogens (tertiary/aromatic N) is 2. The molecule has 3 N–H and O–H groups in total. The van der Waals surface area contributed by atoms with Crippen LogP contribution in [-0.2, 0) is 0 Å². The van der Waals surface area contributed by atoms with Gasteiger partial charge >= 0.3 is 0 Å². The van der Waals surface area contributed by atoms with Gasteiger partial charge in [-0.3, -0.25) is 9.78 Å². The van der Waals surface area contributed by atoms with Gasteiger partial charge in [0.2, 0.25) is 0 Å². The molecule has 0 radical (unpaired) electrons. The molecule has 0 aliphatic heterocycles. The van der Waals surface area contributed by atoms with Crippen LogP contribution in [0.5, 0.6) is 5.75 Å². The molecule has 0 atom stereocenters. The number of phenolic OH excluding ortho intramolecular Hbond substituents is 1. The Morgan fingerprint density at radius 2 is 1.84 bits per heavy atom. The molecule has 0 saturated carbocycles. The van der Waals surface area contributed by atoms with Crippen LogP contribution in [0.1, 0.15) is 20.8 Å². The third-order valence-electron chi connectivity index (χ3n) is 4.76. The first-order valence-electron chi connectivity index (χ1n) is 9.46. The lowest BCUT2D eigenvalue weighted by Gasteiger charge is -2.11. The second kappa shape index (κ2) is 8.53. The van der Waals surface area contributed by atoms with Gasteiger partial charge in [0.05, 0.1) is 17.6 Å². The number of phenols is 1. The van der Waals surface area contributed by atoms with Crippen molar-refractivity contribution in [2.75, 3.05) is 10.6 Å². The van der Waals surface area contributed by atoms with E-state index in [9.17, 15) is 14.3 Å². The molecular weight excluding hydrogens is 415 g/mol. The van der Waals surface area contributed by atoms with Crippen LogP contribution in [0.25, 0.3) is 11.3 Å². The summed E-state index contributed by atoms with van der Waals surface area (Å²) in [5.74, 6) is -0.478. The summed E-state index contributed by atoms with van der Waals surface area (Å²) >= 11 is 1.21. The molecule has 8 heteroatoms. The number of rotatable bonds is 5. The number of amides is 1. The number of carbonyl (C=O) groups excluding carboxylic acids is 1. The van der Waals surface area contributed by atoms with E-state index in [-0.39, 0.29) is 17.5 Å². The van der Waals surface area contributed by atoms with E-state index in [0.717, 1.165) is 16.8 Å². The smallest absolute Gasteiger partial charge is 0.267 e. The van der Waals surface area contributed by atoms with Gasteiger partial charge in [0.25, 0.3) is 5.91 Å². The van der Waals surface area contributed by atoms with E-state index in [1.54, 1.807) is 43.5 Å². The number of hydrogen-bond donors (Lipinski definition) is 3. The van der Waals surface area contributed by atoms with Gasteiger partial charge in [0, 0.05) is 23.0 Å². The number of thiazole rings is 1. The molecule has 156 valence electrons. The first-order valence-corrected chi connectivity index (χ1v) is 10.3. The number of aryl methyl sites for hydroxylation is 1. The zero-order chi connectivity index (χ0) is 22.0. The monoisotopic (exact) mass is 434 g/mol. The Morgan fingerprint density at radius 1 is 1.06 bits per heavy atom. The quantitative estimate of drug-likeness (QED) is 0.377. The van der Waals surface area contributed by atoms with Crippen LogP contribution in [0.3, 0.4) is 0 Å². The third kappa shape index (κ3) is 4.54. The molecule has 4 aromatic rings. The molecule has 0 spiro atoms. The van der Waals surface area contributed by atoms with Gasteiger partial charge in [-0.05, 0) is 61.9 Å². The van der Waals surface area contributed by atoms with Crippen molar-refractivity contribution >= 4 is 33.8 Å². The molecule has 0 bridgehead atoms. The van der Waals surface area contributed by atoms with Gasteiger partial charge in [0.15, 0.2) is 5.13 Å². The van der Waals surface area contributed by atoms with Gasteiger partial charge < -0.3 is 15.7 Å². The van der Waals surface area contributed by atoms with Crippen molar-refractivity contribution in [1.82, 2.24) is 9.97 Å². The van der Waals surface area contributed by atoms with Crippen LogP contribution < -0.4 is 10.6 Å². The largest absolute Gasteiger partial charge is 0.508 e. The summed E-state index contributed by atoms with van der Waals surface area (Å²) in [5.41, 5.74) is 4.29. The topological polar surface area (TPSA) is 87.1 Å². The fraction of sp³-hybridized carbons (Fsp3) is 0.0870. The lowest BCUT2D eigenvalue weighted by atomic mass is 10.1. The average molecular weight is 434 g/mol. The third-order valence-corrected chi connectivity index (χ3v) is 5.68. The fourth-order valence-corrected chi connectivity index (χ4v) is 3.78. The van der Waals surface area contributed by atoms with Crippen LogP contribution >= 0.6 is 11.3 Å². The summed E-state index contributed by atoms with van der Waals surface area (Å²) in [4.78, 5) is 21.7. The van der Waals surface area contributed by atoms with Gasteiger partial charge in [0.1, 0.15) is 16.4 Å². The van der Waals surface area contributed by atoms with E-state index in [2.05, 4.69) is 20.6 Å². The highest BCUT2D eigenvalue weighted by Gasteiger charge is 2.15. The fourth-order valence-electron chi connectivity index (χ4n) is 3.05. The average Bonchev–Trinajstić information content (AvgIpc) is 3.23. The Balaban J connectivity index is 1.50. The van der Waals surface area contributed by atoms with Crippen molar-refractivity contribution in [3.8, 4) is 17.0 Å². The summed E-state index contributed by atoms with van der Waals surface area (Å²) in [6.45, 7) is 3.61. The Labute approximate surface area is 182 Å². The Hall–Kier alpha value is -3.78. The Morgan fingerprint density at radius 3 is 2.61 bits per heavy atom. The maximum atomic E-state index is 13.2. The van der Waals surface area contributed by atoms with Crippen LogP contribution in [0, 0.1) is 19.7 Å². The Bertz CT molecular complexity index is 1250. The van der Waals surface area contributed by atoms with Crippen LogP contribution in [0.15, 0.2) is 60.9 Å². The molecule has 6 nitrogen and oxygen atoms in total. The molecule has 1 amide bonds. The minimum atomic E-state index is -0.303. The lowest BCUT2D eigenvalue weighted by Crippen LogP contribution is -2.12. The van der Waals surface area contributed by atoms with E-state index in [1.165, 1.54) is 29.7 Å². The summed E-state index contributed by atoms with van der Waals surface area (Å²) in [5, 5.41) is 16.5. The first-order chi connectivity index (χ1) is 14.9. The van der Waals surface area contributed by atoms with Crippen molar-refractivity contribution < 1.29 is 14.3 Å². The van der Waals surface area contributed by atoms with E-state index in [0.29, 0.717) is 27.0 Å². The second-order valence-electron chi connectivity index (χ2n) is 6.95. The first kappa shape index (κ1) is 20.5. The molecule has 2 aromatic carbocycles. The van der Waals surface area contributed by atoms with Crippen molar-refractivity contribution in [1.29, 1.82) is 0 Å². The predicted molar refractivity (Wildman–Crippen MR) is 121 cm³/mol. The molecule has 0 aliphatic rings. The number of carbonyl (C=O) groups is 1. The number of nitrogens with one attached hydrogen (secondary N) is 2. The number of aromatic nitrogens is 2. The van der Waals surface area contributed by atoms with Crippen LogP contribution in [-0.4, -0.2) is 21.0 Å². The van der Waals surface area contributed by atoms with Crippen LogP contribution in [0.2, 0.25) is 0 Å². The number of anilines is 3. The van der Waals surface area contributed by atoms with Crippen molar-refractivity contribution in [2.24, 2.45) is 0 Å². The lowest BCUT2D eigenvalue weighted by molar-refractivity contribution is 0.103. The molecule has 31 heavy (non-hydrogen) atoms. The Kier molecular flexibility index (Phi) is 5.64. The molecule has 0 aliphatic carbocycles. The van der Waals surface area contributed by atoms with Gasteiger partial charge in [-0.2, -0.15) is 0 Å². The number of aromatic hydroxyl groups is 1. The van der Waals surface area contributed by atoms with Gasteiger partial charge in [-0.1, -0.05) is 17.4 Å². The van der Waals surface area contributed by atoms with Gasteiger partial charge in [-0.25, -0.2) is 9.37 Å². The highest BCUT2D eigenvalue weighted by molar-refractivity contribution is 7.17. The summed E-state index contributed by atoms with van der Waals surface area (Å²) in [7, 11) is 0. The van der Waals surface area contributed by atoms with E-state index < -0.39 is 0 Å². The SMILES string of the molecule is Cc1ccc(O)c(C)c1NC(=O)c1cnc(Nc2ccnc(-c3ccc(F)cc3)c2)s1. The standard InChI is InChI=1S/C23H19FN4O2S/c1-13-3-8-19(29)14(2)21(13)28-22(30)20-12-26-23(31-20)27-17-9-10-25-18(11-17)15-4-6-16(24)7-5-15/h3-12,29H,1-2H3,(H,28,30)(H,25,26,27). The van der Waals surface area contributed by atoms with E-state index in [4.69, 9.17) is 0 Å². The second-order valence-corrected chi connectivity index (χ2v) is 7.98. The molecule has 0 unspecified atom stereocenters. The van der Waals surface area contributed by atoms with E-state index >= 15 is 0 Å². The predicted octanol–water partition coefficient (Wildman–Crippen LogP) is 5.66. The van der Waals surface area contributed by atoms with E-state index in [1.807, 2.05) is 13.0 Å². The number of pyridine rings is 1. The maximum absolute atomic E-state index is 13.2. The molecule has 2 heterocycles. The van der Waals surface area contributed by atoms with Crippen molar-refractivity contribution in [3.63, 3.8) is 0 Å². The number of hydrogen-bond acceptors (Lipinski definition) is 6. The maximum Gasteiger partial charge on any atom is 0.267 e. The van der Waals surface area contributed by atoms with Gasteiger partial charge in [-0.15, -0.1) is 0 Å². The minimum Gasteiger partial charge on any atom is -0.508 e. The number of halogens is 1. The van der Waals surface area contributed by atoms with Crippen molar-refractivity contribution in [3.05, 3.63) is 82.7 Å². The zero-order valence-electron chi connectivity index (χ0n) is 16.8. The van der Waals surface area contributed by atoms with Crippen molar-refractivity contribution in [2.45, 2.75) is 13.8 Å². The molecule has 2 aromatic heterocycles. The molecule has 4 rings (SSSR count). The number of benzene rings is 2. The van der Waals surface area contributed by atoms with Crippen LogP contribution in [0.4, 0.5) is 20.9 Å². The summed E-state index contributed by atoms with van der Waals surface area (Å²) < 4.78 is 13.2. The molecular formula is C23H19FN4O2S. The highest BCUT2D eigenvalue weighted by Crippen LogP contribution is 2.30. The highest BCUT2D eigenvalue weighted by atomic mass is 32.1. The zero-order valence-corrected chi connectivity index (χ0v) is 17.6. The molecule has 0 saturated heterocycles. The summed E-state index contributed by atoms with van der Waals surface area (Å²) in [6, 6.07) is 13.1. The minimum absolute atomic E-state index is 0.127.